The maximum atomic E-state index is 13.4. The average Bonchev–Trinajstić information content (AvgIpc) is 2.61. The van der Waals surface area contributed by atoms with Crippen molar-refractivity contribution >= 4 is 26.8 Å². The maximum absolute atomic E-state index is 13.4. The minimum absolute atomic E-state index is 0.00923. The van der Waals surface area contributed by atoms with Gasteiger partial charge in [-0.1, -0.05) is 13.8 Å². The predicted octanol–water partition coefficient (Wildman–Crippen LogP) is 1.38. The van der Waals surface area contributed by atoms with Crippen molar-refractivity contribution in [2.24, 2.45) is 0 Å². The molecule has 0 aliphatic rings. The third kappa shape index (κ3) is 4.41. The van der Waals surface area contributed by atoms with Gasteiger partial charge < -0.3 is 10.1 Å². The zero-order valence-corrected chi connectivity index (χ0v) is 17.1. The largest absolute Gasteiger partial charge is 0.416 e. The van der Waals surface area contributed by atoms with Crippen LogP contribution in [0.5, 0.6) is 0 Å². The Bertz CT molecular complexity index is 1200. The number of hydrogen-bond acceptors (Lipinski definition) is 6. The van der Waals surface area contributed by atoms with Crippen LogP contribution in [-0.2, 0) is 21.0 Å². The molecule has 0 aliphatic heterocycles. The Labute approximate surface area is 168 Å². The number of aromatic amines is 1. The fourth-order valence-electron chi connectivity index (χ4n) is 2.93. The second-order valence-electron chi connectivity index (χ2n) is 6.60. The standard InChI is InChI=1S/C17H20F3N3O6S/c1-4-6-14(25)23(30(3,28)29)22-15(26)10-7-9(13(24)5-2)11(17(18,19)20)8-12(10)21-16(22)27/h7-8,13,24H,4-6H2,1-3H3,(H,21,27). The van der Waals surface area contributed by atoms with E-state index in [9.17, 15) is 41.1 Å². The van der Waals surface area contributed by atoms with Gasteiger partial charge in [-0.2, -0.15) is 13.2 Å². The van der Waals surface area contributed by atoms with Crippen LogP contribution in [0, 0.1) is 0 Å². The van der Waals surface area contributed by atoms with E-state index in [0.717, 1.165) is 6.07 Å². The van der Waals surface area contributed by atoms with Crippen LogP contribution in [0.25, 0.3) is 10.9 Å². The van der Waals surface area contributed by atoms with Crippen LogP contribution in [0.2, 0.25) is 0 Å². The molecule has 1 heterocycles. The summed E-state index contributed by atoms with van der Waals surface area (Å²) < 4.78 is 64.5. The van der Waals surface area contributed by atoms with Crippen molar-refractivity contribution < 1.29 is 31.5 Å². The van der Waals surface area contributed by atoms with Crippen LogP contribution < -0.4 is 15.7 Å². The SMILES string of the molecule is CCCC(=O)N(n1c(=O)[nH]c2cc(C(F)(F)F)c(C(O)CC)cc2c1=O)S(C)(=O)=O. The number of benzene rings is 1. The molecule has 1 aromatic carbocycles. The summed E-state index contributed by atoms with van der Waals surface area (Å²) in [7, 11) is -4.42. The molecule has 1 aromatic heterocycles. The first kappa shape index (κ1) is 23.6. The van der Waals surface area contributed by atoms with E-state index in [1.807, 2.05) is 4.98 Å². The van der Waals surface area contributed by atoms with E-state index in [1.54, 1.807) is 6.92 Å². The van der Waals surface area contributed by atoms with Crippen LogP contribution in [0.3, 0.4) is 0 Å². The first-order valence-corrected chi connectivity index (χ1v) is 10.7. The zero-order valence-electron chi connectivity index (χ0n) is 16.3. The van der Waals surface area contributed by atoms with Crippen LogP contribution in [0.1, 0.15) is 50.3 Å². The summed E-state index contributed by atoms with van der Waals surface area (Å²) in [6.45, 7) is 3.00. The Morgan fingerprint density at radius 3 is 2.33 bits per heavy atom. The number of alkyl halides is 3. The van der Waals surface area contributed by atoms with Crippen LogP contribution in [-0.4, -0.2) is 35.3 Å². The minimum atomic E-state index is -4.89. The quantitative estimate of drug-likeness (QED) is 0.683. The van der Waals surface area contributed by atoms with Crippen molar-refractivity contribution in [3.05, 3.63) is 44.1 Å². The fraction of sp³-hybridized carbons (Fsp3) is 0.471. The van der Waals surface area contributed by atoms with Gasteiger partial charge in [-0.05, 0) is 30.5 Å². The van der Waals surface area contributed by atoms with Crippen molar-refractivity contribution in [2.45, 2.75) is 45.4 Å². The number of H-pyrrole nitrogens is 1. The molecule has 1 amide bonds. The number of aliphatic hydroxyl groups excluding tert-OH is 1. The molecule has 2 rings (SSSR count). The van der Waals surface area contributed by atoms with Gasteiger partial charge in [-0.15, -0.1) is 9.09 Å². The number of sulfonamides is 1. The number of amides is 1. The Balaban J connectivity index is 2.96. The van der Waals surface area contributed by atoms with Gasteiger partial charge in [-0.25, -0.2) is 13.2 Å². The molecule has 0 saturated carbocycles. The molecule has 1 atom stereocenters. The highest BCUT2D eigenvalue weighted by atomic mass is 32.2. The normalized spacial score (nSPS) is 13.4. The predicted molar refractivity (Wildman–Crippen MR) is 102 cm³/mol. The third-order valence-electron chi connectivity index (χ3n) is 4.27. The van der Waals surface area contributed by atoms with E-state index in [-0.39, 0.29) is 28.4 Å². The van der Waals surface area contributed by atoms with E-state index in [1.165, 1.54) is 6.92 Å². The van der Waals surface area contributed by atoms with Crippen molar-refractivity contribution in [3.63, 3.8) is 0 Å². The molecule has 0 spiro atoms. The summed E-state index contributed by atoms with van der Waals surface area (Å²) in [4.78, 5) is 39.6. The Kier molecular flexibility index (Phi) is 6.47. The van der Waals surface area contributed by atoms with E-state index < -0.39 is 61.5 Å². The maximum Gasteiger partial charge on any atom is 0.416 e. The lowest BCUT2D eigenvalue weighted by molar-refractivity contribution is -0.139. The second-order valence-corrected chi connectivity index (χ2v) is 8.42. The van der Waals surface area contributed by atoms with Crippen molar-refractivity contribution in [3.8, 4) is 0 Å². The number of halogens is 3. The molecule has 9 nitrogen and oxygen atoms in total. The van der Waals surface area contributed by atoms with Gasteiger partial charge in [0.05, 0.1) is 28.8 Å². The summed E-state index contributed by atoms with van der Waals surface area (Å²) in [6.07, 6.45) is -6.04. The first-order valence-electron chi connectivity index (χ1n) is 8.85. The molecule has 0 fully saturated rings. The molecule has 2 aromatic rings. The molecule has 0 saturated heterocycles. The highest BCUT2D eigenvalue weighted by Gasteiger charge is 2.36. The van der Waals surface area contributed by atoms with Gasteiger partial charge in [0.15, 0.2) is 0 Å². The van der Waals surface area contributed by atoms with E-state index in [4.69, 9.17) is 0 Å². The molecule has 0 aliphatic carbocycles. The molecule has 30 heavy (non-hydrogen) atoms. The lowest BCUT2D eigenvalue weighted by Crippen LogP contribution is -2.55. The van der Waals surface area contributed by atoms with Gasteiger partial charge in [0.2, 0.25) is 0 Å². The number of carbonyl (C=O) groups excluding carboxylic acids is 1. The number of nitrogens with one attached hydrogen (secondary N) is 1. The number of nitrogens with zero attached hydrogens (tertiary/aromatic N) is 2. The Morgan fingerprint density at radius 1 is 1.27 bits per heavy atom. The third-order valence-corrected chi connectivity index (χ3v) is 5.27. The highest BCUT2D eigenvalue weighted by molar-refractivity contribution is 7.92. The van der Waals surface area contributed by atoms with E-state index in [0.29, 0.717) is 12.3 Å². The molecule has 2 N–H and O–H groups in total. The zero-order chi connectivity index (χ0) is 23.0. The summed E-state index contributed by atoms with van der Waals surface area (Å²) in [6, 6.07) is 1.24. The molecule has 166 valence electrons. The lowest BCUT2D eigenvalue weighted by atomic mass is 9.98. The summed E-state index contributed by atoms with van der Waals surface area (Å²) >= 11 is 0. The topological polar surface area (TPSA) is 130 Å². The number of aliphatic hydroxyl groups is 1. The first-order chi connectivity index (χ1) is 13.7. The summed E-state index contributed by atoms with van der Waals surface area (Å²) in [5.41, 5.74) is -5.10. The lowest BCUT2D eigenvalue weighted by Gasteiger charge is -2.22. The van der Waals surface area contributed by atoms with Gasteiger partial charge in [0, 0.05) is 6.42 Å². The van der Waals surface area contributed by atoms with Crippen LogP contribution in [0.4, 0.5) is 13.2 Å². The smallest absolute Gasteiger partial charge is 0.388 e. The minimum Gasteiger partial charge on any atom is -0.388 e. The summed E-state index contributed by atoms with van der Waals surface area (Å²) in [5, 5.41) is 9.51. The number of aromatic nitrogens is 2. The molecule has 0 radical (unpaired) electrons. The van der Waals surface area contributed by atoms with Crippen molar-refractivity contribution in [2.75, 3.05) is 10.7 Å². The summed E-state index contributed by atoms with van der Waals surface area (Å²) in [5.74, 6) is -1.06. The number of rotatable bonds is 6. The Morgan fingerprint density at radius 2 is 1.87 bits per heavy atom. The second kappa shape index (κ2) is 8.22. The number of carbonyl (C=O) groups is 1. The molecule has 1 unspecified atom stereocenters. The van der Waals surface area contributed by atoms with Gasteiger partial charge >= 0.3 is 11.9 Å². The fourth-order valence-corrected chi connectivity index (χ4v) is 3.84. The van der Waals surface area contributed by atoms with E-state index in [2.05, 4.69) is 0 Å². The van der Waals surface area contributed by atoms with Crippen molar-refractivity contribution in [1.82, 2.24) is 9.66 Å². The Hall–Kier alpha value is -2.67. The number of hydrogen-bond donors (Lipinski definition) is 2. The van der Waals surface area contributed by atoms with Crippen LogP contribution >= 0.6 is 0 Å². The van der Waals surface area contributed by atoms with E-state index >= 15 is 0 Å². The van der Waals surface area contributed by atoms with Gasteiger partial charge in [-0.3, -0.25) is 9.59 Å². The monoisotopic (exact) mass is 451 g/mol. The number of fused-ring (bicyclic) bond motifs is 1. The van der Waals surface area contributed by atoms with Gasteiger partial charge in [0.25, 0.3) is 21.5 Å². The van der Waals surface area contributed by atoms with Crippen LogP contribution in [0.15, 0.2) is 21.7 Å². The molecule has 13 heteroatoms. The molecular formula is C17H20F3N3O6S. The molecular weight excluding hydrogens is 431 g/mol. The van der Waals surface area contributed by atoms with Gasteiger partial charge in [0.1, 0.15) is 0 Å². The van der Waals surface area contributed by atoms with Crippen molar-refractivity contribution in [1.29, 1.82) is 0 Å². The highest BCUT2D eigenvalue weighted by Crippen LogP contribution is 2.37. The average molecular weight is 451 g/mol. The molecule has 0 bridgehead atoms.